The molecular weight excluding hydrogens is 268 g/mol. The van der Waals surface area contributed by atoms with Crippen molar-refractivity contribution in [3.8, 4) is 5.75 Å². The highest BCUT2D eigenvalue weighted by molar-refractivity contribution is 7.91. The smallest absolute Gasteiger partial charge is 0.258 e. The molecule has 1 fully saturated rings. The number of aromatic nitrogens is 1. The van der Waals surface area contributed by atoms with Crippen LogP contribution in [0.25, 0.3) is 0 Å². The van der Waals surface area contributed by atoms with Gasteiger partial charge >= 0.3 is 0 Å². The van der Waals surface area contributed by atoms with E-state index in [1.807, 2.05) is 0 Å². The number of sulfone groups is 1. The maximum atomic E-state index is 11.7. The lowest BCUT2D eigenvalue weighted by atomic mass is 10.0. The number of nitrogens with zero attached hydrogens (tertiary/aromatic N) is 1. The van der Waals surface area contributed by atoms with Crippen molar-refractivity contribution in [3.63, 3.8) is 0 Å². The van der Waals surface area contributed by atoms with Gasteiger partial charge in [0.15, 0.2) is 16.4 Å². The van der Waals surface area contributed by atoms with Crippen molar-refractivity contribution < 1.29 is 17.9 Å². The maximum absolute atomic E-state index is 11.7. The summed E-state index contributed by atoms with van der Waals surface area (Å²) in [6.45, 7) is 1.58. The third kappa shape index (κ3) is 3.92. The topological polar surface area (TPSA) is 85.4 Å². The van der Waals surface area contributed by atoms with Crippen molar-refractivity contribution >= 4 is 15.7 Å². The summed E-state index contributed by atoms with van der Waals surface area (Å²) in [6.07, 6.45) is 3.56. The average Bonchev–Trinajstić information content (AvgIpc) is 2.62. The minimum absolute atomic E-state index is 0.0152. The number of amides is 1. The third-order valence-corrected chi connectivity index (χ3v) is 4.85. The Morgan fingerprint density at radius 2 is 2.37 bits per heavy atom. The minimum Gasteiger partial charge on any atom is -0.482 e. The predicted molar refractivity (Wildman–Crippen MR) is 69.6 cm³/mol. The van der Waals surface area contributed by atoms with Gasteiger partial charge in [-0.05, 0) is 25.5 Å². The molecule has 1 amide bonds. The zero-order valence-corrected chi connectivity index (χ0v) is 11.4. The molecule has 2 rings (SSSR count). The zero-order chi connectivity index (χ0) is 13.9. The molecule has 2 heterocycles. The van der Waals surface area contributed by atoms with Crippen LogP contribution in [-0.2, 0) is 14.6 Å². The second-order valence-electron chi connectivity index (χ2n) is 4.93. The van der Waals surface area contributed by atoms with E-state index in [2.05, 4.69) is 10.3 Å². The molecule has 1 N–H and O–H groups in total. The van der Waals surface area contributed by atoms with Gasteiger partial charge in [-0.15, -0.1) is 0 Å². The number of carbonyl (C=O) groups is 1. The first-order valence-electron chi connectivity index (χ1n) is 5.93. The summed E-state index contributed by atoms with van der Waals surface area (Å²) < 4.78 is 28.1. The van der Waals surface area contributed by atoms with Crippen LogP contribution in [0.4, 0.5) is 0 Å². The summed E-state index contributed by atoms with van der Waals surface area (Å²) in [4.78, 5) is 15.6. The van der Waals surface area contributed by atoms with E-state index in [4.69, 9.17) is 4.74 Å². The highest BCUT2D eigenvalue weighted by Crippen LogP contribution is 2.22. The van der Waals surface area contributed by atoms with Gasteiger partial charge in [-0.2, -0.15) is 0 Å². The van der Waals surface area contributed by atoms with Gasteiger partial charge in [0.1, 0.15) is 5.75 Å². The fourth-order valence-corrected chi connectivity index (χ4v) is 4.16. The molecule has 0 spiro atoms. The Balaban J connectivity index is 1.85. The third-order valence-electron chi connectivity index (χ3n) is 2.95. The molecule has 1 aromatic heterocycles. The molecule has 6 nitrogen and oxygen atoms in total. The van der Waals surface area contributed by atoms with E-state index in [9.17, 15) is 13.2 Å². The van der Waals surface area contributed by atoms with Gasteiger partial charge in [-0.1, -0.05) is 0 Å². The van der Waals surface area contributed by atoms with Crippen molar-refractivity contribution in [1.82, 2.24) is 10.3 Å². The van der Waals surface area contributed by atoms with Crippen LogP contribution in [0.2, 0.25) is 0 Å². The van der Waals surface area contributed by atoms with Gasteiger partial charge in [-0.3, -0.25) is 9.78 Å². The second kappa shape index (κ2) is 5.16. The summed E-state index contributed by atoms with van der Waals surface area (Å²) in [5.74, 6) is 0.275. The van der Waals surface area contributed by atoms with Crippen LogP contribution in [0.3, 0.4) is 0 Å². The van der Waals surface area contributed by atoms with Gasteiger partial charge in [0.05, 0.1) is 23.2 Å². The summed E-state index contributed by atoms with van der Waals surface area (Å²) in [5, 5.41) is 2.72. The Morgan fingerprint density at radius 1 is 1.58 bits per heavy atom. The number of hydrogen-bond acceptors (Lipinski definition) is 5. The molecule has 0 aromatic carbocycles. The van der Waals surface area contributed by atoms with E-state index in [1.54, 1.807) is 25.3 Å². The van der Waals surface area contributed by atoms with E-state index in [0.29, 0.717) is 12.2 Å². The molecule has 1 aliphatic rings. The standard InChI is InChI=1S/C12H16N2O4S/c1-12(4-6-19(16,17)9-12)14-11(15)8-18-10-3-2-5-13-7-10/h2-3,5,7H,4,6,8-9H2,1H3,(H,14,15)/t12-/m0/s1. The Kier molecular flexibility index (Phi) is 3.75. The molecule has 1 saturated heterocycles. The van der Waals surface area contributed by atoms with E-state index in [0.717, 1.165) is 0 Å². The Hall–Kier alpha value is -1.63. The van der Waals surface area contributed by atoms with Gasteiger partial charge in [0.2, 0.25) is 0 Å². The van der Waals surface area contributed by atoms with Gasteiger partial charge in [0, 0.05) is 6.20 Å². The van der Waals surface area contributed by atoms with Crippen LogP contribution in [-0.4, -0.2) is 43.0 Å². The molecule has 0 unspecified atom stereocenters. The first-order chi connectivity index (χ1) is 8.89. The van der Waals surface area contributed by atoms with Crippen LogP contribution in [0.5, 0.6) is 5.75 Å². The van der Waals surface area contributed by atoms with E-state index in [-0.39, 0.29) is 24.0 Å². The molecular formula is C12H16N2O4S. The number of ether oxygens (including phenoxy) is 1. The van der Waals surface area contributed by atoms with Crippen LogP contribution >= 0.6 is 0 Å². The molecule has 7 heteroatoms. The van der Waals surface area contributed by atoms with Crippen molar-refractivity contribution in [3.05, 3.63) is 24.5 Å². The first kappa shape index (κ1) is 13.8. The number of carbonyl (C=O) groups excluding carboxylic acids is 1. The fourth-order valence-electron chi connectivity index (χ4n) is 2.06. The van der Waals surface area contributed by atoms with Crippen LogP contribution < -0.4 is 10.1 Å². The van der Waals surface area contributed by atoms with E-state index < -0.39 is 15.4 Å². The average molecular weight is 284 g/mol. The van der Waals surface area contributed by atoms with Crippen molar-refractivity contribution in [2.24, 2.45) is 0 Å². The van der Waals surface area contributed by atoms with Crippen LogP contribution in [0, 0.1) is 0 Å². The number of pyridine rings is 1. The molecule has 1 aromatic rings. The summed E-state index contributed by atoms with van der Waals surface area (Å²) >= 11 is 0. The highest BCUT2D eigenvalue weighted by Gasteiger charge is 2.39. The molecule has 0 saturated carbocycles. The van der Waals surface area contributed by atoms with Crippen molar-refractivity contribution in [2.75, 3.05) is 18.1 Å². The maximum Gasteiger partial charge on any atom is 0.258 e. The Labute approximate surface area is 112 Å². The van der Waals surface area contributed by atoms with E-state index in [1.165, 1.54) is 6.20 Å². The zero-order valence-electron chi connectivity index (χ0n) is 10.6. The second-order valence-corrected chi connectivity index (χ2v) is 7.11. The lowest BCUT2D eigenvalue weighted by Crippen LogP contribution is -2.48. The highest BCUT2D eigenvalue weighted by atomic mass is 32.2. The Morgan fingerprint density at radius 3 is 2.95 bits per heavy atom. The summed E-state index contributed by atoms with van der Waals surface area (Å²) in [7, 11) is -3.03. The normalized spacial score (nSPS) is 24.9. The lowest BCUT2D eigenvalue weighted by molar-refractivity contribution is -0.124. The first-order valence-corrected chi connectivity index (χ1v) is 7.75. The minimum atomic E-state index is -3.03. The summed E-state index contributed by atoms with van der Waals surface area (Å²) in [5.41, 5.74) is -0.686. The fraction of sp³-hybridized carbons (Fsp3) is 0.500. The molecule has 19 heavy (non-hydrogen) atoms. The number of rotatable bonds is 4. The molecule has 0 bridgehead atoms. The predicted octanol–water partition coefficient (Wildman–Crippen LogP) is 0.154. The van der Waals surface area contributed by atoms with Crippen molar-refractivity contribution in [2.45, 2.75) is 18.9 Å². The molecule has 1 atom stereocenters. The lowest BCUT2D eigenvalue weighted by Gasteiger charge is -2.23. The van der Waals surface area contributed by atoms with Gasteiger partial charge in [-0.25, -0.2) is 8.42 Å². The van der Waals surface area contributed by atoms with Crippen LogP contribution in [0.1, 0.15) is 13.3 Å². The van der Waals surface area contributed by atoms with Crippen molar-refractivity contribution in [1.29, 1.82) is 0 Å². The van der Waals surface area contributed by atoms with Gasteiger partial charge in [0.25, 0.3) is 5.91 Å². The molecule has 104 valence electrons. The monoisotopic (exact) mass is 284 g/mol. The number of nitrogens with one attached hydrogen (secondary N) is 1. The summed E-state index contributed by atoms with van der Waals surface area (Å²) in [6, 6.07) is 3.40. The van der Waals surface area contributed by atoms with Gasteiger partial charge < -0.3 is 10.1 Å². The molecule has 0 radical (unpaired) electrons. The number of hydrogen-bond donors (Lipinski definition) is 1. The molecule has 0 aliphatic carbocycles. The Bertz CT molecular complexity index is 558. The largest absolute Gasteiger partial charge is 0.482 e. The van der Waals surface area contributed by atoms with E-state index >= 15 is 0 Å². The van der Waals surface area contributed by atoms with Crippen LogP contribution in [0.15, 0.2) is 24.5 Å². The quantitative estimate of drug-likeness (QED) is 0.851. The SMILES string of the molecule is C[C@]1(NC(=O)COc2cccnc2)CCS(=O)(=O)C1. The molecule has 1 aliphatic heterocycles.